The van der Waals surface area contributed by atoms with E-state index in [9.17, 15) is 13.6 Å². The van der Waals surface area contributed by atoms with Gasteiger partial charge < -0.3 is 15.4 Å². The number of carbonyl (C=O) groups is 1. The molecule has 1 amide bonds. The summed E-state index contributed by atoms with van der Waals surface area (Å²) in [5.74, 6) is -3.81. The number of hydrogen-bond donors (Lipinski definition) is 1. The molecular weight excluding hydrogens is 302 g/mol. The van der Waals surface area contributed by atoms with Crippen LogP contribution in [0.2, 0.25) is 0 Å². The van der Waals surface area contributed by atoms with Gasteiger partial charge in [0.25, 0.3) is 5.92 Å². The molecule has 1 fully saturated rings. The maximum Gasteiger partial charge on any atom is 0.410 e. The first-order valence-electron chi connectivity index (χ1n) is 6.56. The number of alkyl halides is 2. The molecule has 0 bridgehead atoms. The van der Waals surface area contributed by atoms with Crippen molar-refractivity contribution in [2.24, 2.45) is 11.7 Å². The lowest BCUT2D eigenvalue weighted by molar-refractivity contribution is -0.103. The summed E-state index contributed by atoms with van der Waals surface area (Å²) in [7, 11) is 0. The zero-order valence-corrected chi connectivity index (χ0v) is 12.3. The second kappa shape index (κ2) is 7.56. The molecule has 1 aromatic carbocycles. The number of amides is 1. The van der Waals surface area contributed by atoms with Crippen LogP contribution in [0, 0.1) is 5.92 Å². The molecule has 0 aromatic heterocycles. The molecule has 118 valence electrons. The monoisotopic (exact) mass is 320 g/mol. The van der Waals surface area contributed by atoms with Gasteiger partial charge >= 0.3 is 6.09 Å². The fourth-order valence-electron chi connectivity index (χ4n) is 2.24. The summed E-state index contributed by atoms with van der Waals surface area (Å²) < 4.78 is 32.5. The largest absolute Gasteiger partial charge is 0.445 e. The maximum absolute atomic E-state index is 13.7. The second-order valence-corrected chi connectivity index (χ2v) is 4.94. The molecular formula is C14H19ClF2N2O2. The third-order valence-electron chi connectivity index (χ3n) is 3.49. The van der Waals surface area contributed by atoms with Crippen molar-refractivity contribution in [3.8, 4) is 0 Å². The van der Waals surface area contributed by atoms with Crippen molar-refractivity contribution >= 4 is 18.5 Å². The summed E-state index contributed by atoms with van der Waals surface area (Å²) in [4.78, 5) is 12.8. The number of ether oxygens (including phenoxy) is 1. The average Bonchev–Trinajstić information content (AvgIpc) is 2.44. The minimum absolute atomic E-state index is 0. The fourth-order valence-corrected chi connectivity index (χ4v) is 2.24. The van der Waals surface area contributed by atoms with E-state index in [0.717, 1.165) is 10.5 Å². The van der Waals surface area contributed by atoms with Gasteiger partial charge in [0, 0.05) is 19.0 Å². The molecule has 0 saturated carbocycles. The third kappa shape index (κ3) is 4.54. The lowest BCUT2D eigenvalue weighted by atomic mass is 9.93. The van der Waals surface area contributed by atoms with Crippen LogP contribution < -0.4 is 5.73 Å². The van der Waals surface area contributed by atoms with Crippen molar-refractivity contribution in [3.05, 3.63) is 35.9 Å². The van der Waals surface area contributed by atoms with Crippen LogP contribution >= 0.6 is 12.4 Å². The summed E-state index contributed by atoms with van der Waals surface area (Å²) in [5, 5.41) is 0. The quantitative estimate of drug-likeness (QED) is 0.931. The second-order valence-electron chi connectivity index (χ2n) is 4.94. The molecule has 2 rings (SSSR count). The average molecular weight is 321 g/mol. The Bertz CT molecular complexity index is 460. The molecule has 0 spiro atoms. The number of hydrogen-bond acceptors (Lipinski definition) is 3. The zero-order chi connectivity index (χ0) is 14.6. The van der Waals surface area contributed by atoms with Crippen molar-refractivity contribution in [2.75, 3.05) is 19.6 Å². The van der Waals surface area contributed by atoms with Crippen molar-refractivity contribution in [2.45, 2.75) is 19.0 Å². The van der Waals surface area contributed by atoms with Gasteiger partial charge in [0.1, 0.15) is 6.61 Å². The number of halogens is 3. The molecule has 1 aliphatic heterocycles. The van der Waals surface area contributed by atoms with Crippen molar-refractivity contribution in [1.29, 1.82) is 0 Å². The van der Waals surface area contributed by atoms with Crippen molar-refractivity contribution in [3.63, 3.8) is 0 Å². The van der Waals surface area contributed by atoms with E-state index in [-0.39, 0.29) is 38.5 Å². The Labute approximate surface area is 128 Å². The minimum atomic E-state index is -2.95. The molecule has 1 aliphatic rings. The van der Waals surface area contributed by atoms with Crippen LogP contribution in [0.1, 0.15) is 12.0 Å². The number of nitrogens with zero attached hydrogens (tertiary/aromatic N) is 1. The molecule has 1 heterocycles. The topological polar surface area (TPSA) is 55.6 Å². The summed E-state index contributed by atoms with van der Waals surface area (Å²) in [5.41, 5.74) is 6.14. The van der Waals surface area contributed by atoms with E-state index in [1.54, 1.807) is 0 Å². The van der Waals surface area contributed by atoms with Crippen LogP contribution in [-0.4, -0.2) is 36.5 Å². The minimum Gasteiger partial charge on any atom is -0.445 e. The smallest absolute Gasteiger partial charge is 0.410 e. The van der Waals surface area contributed by atoms with Gasteiger partial charge in [0.05, 0.1) is 6.54 Å². The highest BCUT2D eigenvalue weighted by Gasteiger charge is 2.45. The summed E-state index contributed by atoms with van der Waals surface area (Å²) >= 11 is 0. The number of likely N-dealkylation sites (tertiary alicyclic amines) is 1. The number of rotatable bonds is 3. The van der Waals surface area contributed by atoms with E-state index in [2.05, 4.69) is 0 Å². The van der Waals surface area contributed by atoms with Gasteiger partial charge in [0.15, 0.2) is 0 Å². The van der Waals surface area contributed by atoms with E-state index in [0.29, 0.717) is 0 Å². The van der Waals surface area contributed by atoms with Gasteiger partial charge in [-0.05, 0) is 12.0 Å². The van der Waals surface area contributed by atoms with Gasteiger partial charge in [-0.3, -0.25) is 0 Å². The Morgan fingerprint density at radius 3 is 2.62 bits per heavy atom. The molecule has 0 radical (unpaired) electrons. The van der Waals surface area contributed by atoms with E-state index in [1.807, 2.05) is 30.3 Å². The lowest BCUT2D eigenvalue weighted by Crippen LogP contribution is -2.52. The van der Waals surface area contributed by atoms with Crippen molar-refractivity contribution < 1.29 is 18.3 Å². The van der Waals surface area contributed by atoms with Crippen LogP contribution in [0.5, 0.6) is 0 Å². The van der Waals surface area contributed by atoms with Crippen LogP contribution in [-0.2, 0) is 11.3 Å². The zero-order valence-electron chi connectivity index (χ0n) is 11.5. The Morgan fingerprint density at radius 1 is 1.38 bits per heavy atom. The van der Waals surface area contributed by atoms with Crippen molar-refractivity contribution in [1.82, 2.24) is 4.90 Å². The molecule has 1 atom stereocenters. The van der Waals surface area contributed by atoms with Crippen LogP contribution in [0.3, 0.4) is 0 Å². The first kappa shape index (κ1) is 17.7. The first-order valence-corrected chi connectivity index (χ1v) is 6.56. The predicted octanol–water partition coefficient (Wildman–Crippen LogP) is 2.66. The Morgan fingerprint density at radius 2 is 2.05 bits per heavy atom. The van der Waals surface area contributed by atoms with Gasteiger partial charge in [0.2, 0.25) is 0 Å². The predicted molar refractivity (Wildman–Crippen MR) is 77.6 cm³/mol. The highest BCUT2D eigenvalue weighted by atomic mass is 35.5. The van der Waals surface area contributed by atoms with Gasteiger partial charge in [-0.2, -0.15) is 0 Å². The summed E-state index contributed by atoms with van der Waals surface area (Å²) in [6.45, 7) is -0.352. The maximum atomic E-state index is 13.7. The number of benzene rings is 1. The van der Waals surface area contributed by atoms with E-state index >= 15 is 0 Å². The standard InChI is InChI=1S/C14H18F2N2O2.ClH/c15-14(16)10-18(7-6-12(14)8-17)13(19)20-9-11-4-2-1-3-5-11;/h1-5,12H,6-10,17H2;1H. The number of carbonyl (C=O) groups excluding carboxylic acids is 1. The molecule has 1 saturated heterocycles. The lowest BCUT2D eigenvalue weighted by Gasteiger charge is -2.37. The Kier molecular flexibility index (Phi) is 6.36. The number of nitrogens with two attached hydrogens (primary N) is 1. The fraction of sp³-hybridized carbons (Fsp3) is 0.500. The summed E-state index contributed by atoms with van der Waals surface area (Å²) in [6.07, 6.45) is -0.506. The third-order valence-corrected chi connectivity index (χ3v) is 3.49. The highest BCUT2D eigenvalue weighted by molar-refractivity contribution is 5.85. The van der Waals surface area contributed by atoms with E-state index < -0.39 is 24.5 Å². The first-order chi connectivity index (χ1) is 9.53. The molecule has 2 N–H and O–H groups in total. The SMILES string of the molecule is Cl.NCC1CCN(C(=O)OCc2ccccc2)CC1(F)F. The normalized spacial score (nSPS) is 20.5. The van der Waals surface area contributed by atoms with Crippen LogP contribution in [0.4, 0.5) is 13.6 Å². The Hall–Kier alpha value is -1.40. The van der Waals surface area contributed by atoms with E-state index in [4.69, 9.17) is 10.5 Å². The van der Waals surface area contributed by atoms with E-state index in [1.165, 1.54) is 0 Å². The van der Waals surface area contributed by atoms with Gasteiger partial charge in [-0.1, -0.05) is 30.3 Å². The molecule has 1 unspecified atom stereocenters. The van der Waals surface area contributed by atoms with Crippen LogP contribution in [0.25, 0.3) is 0 Å². The Balaban J connectivity index is 0.00000220. The molecule has 21 heavy (non-hydrogen) atoms. The van der Waals surface area contributed by atoms with Gasteiger partial charge in [-0.25, -0.2) is 13.6 Å². The van der Waals surface area contributed by atoms with Gasteiger partial charge in [-0.15, -0.1) is 12.4 Å². The number of piperidine rings is 1. The summed E-state index contributed by atoms with van der Waals surface area (Å²) in [6, 6.07) is 9.11. The highest BCUT2D eigenvalue weighted by Crippen LogP contribution is 2.32. The molecule has 0 aliphatic carbocycles. The molecule has 4 nitrogen and oxygen atoms in total. The van der Waals surface area contributed by atoms with Crippen LogP contribution in [0.15, 0.2) is 30.3 Å². The molecule has 1 aromatic rings. The molecule has 7 heteroatoms.